The fraction of sp³-hybridized carbons (Fsp3) is 0.818. The minimum absolute atomic E-state index is 0.132. The van der Waals surface area contributed by atoms with Gasteiger partial charge in [0.2, 0.25) is 0 Å². The van der Waals surface area contributed by atoms with Crippen molar-refractivity contribution in [3.05, 3.63) is 0 Å². The van der Waals surface area contributed by atoms with Gasteiger partial charge in [0.1, 0.15) is 6.04 Å². The van der Waals surface area contributed by atoms with Gasteiger partial charge in [-0.2, -0.15) is 5.26 Å². The minimum Gasteiger partial charge on any atom is -0.480 e. The second-order valence-electron chi connectivity index (χ2n) is 4.80. The number of hydrogen-bond donors (Lipinski definition) is 1. The van der Waals surface area contributed by atoms with Crippen LogP contribution in [0.1, 0.15) is 32.1 Å². The molecule has 15 heavy (non-hydrogen) atoms. The zero-order chi connectivity index (χ0) is 10.9. The molecular weight excluding hydrogens is 192 g/mol. The molecule has 1 unspecified atom stereocenters. The van der Waals surface area contributed by atoms with E-state index in [1.54, 1.807) is 0 Å². The molecule has 1 saturated heterocycles. The molecule has 2 rings (SSSR count). The number of aliphatic carboxylic acids is 1. The monoisotopic (exact) mass is 208 g/mol. The van der Waals surface area contributed by atoms with Crippen molar-refractivity contribution in [1.82, 2.24) is 4.90 Å². The summed E-state index contributed by atoms with van der Waals surface area (Å²) < 4.78 is 0. The smallest absolute Gasteiger partial charge is 0.320 e. The average molecular weight is 208 g/mol. The van der Waals surface area contributed by atoms with Gasteiger partial charge < -0.3 is 5.11 Å². The minimum atomic E-state index is -0.708. The van der Waals surface area contributed by atoms with Crippen LogP contribution in [0.25, 0.3) is 0 Å². The van der Waals surface area contributed by atoms with Gasteiger partial charge in [-0.3, -0.25) is 9.69 Å². The van der Waals surface area contributed by atoms with Crippen molar-refractivity contribution in [2.24, 2.45) is 5.41 Å². The standard InChI is InChI=1S/C11H16N2O2/c12-6-5-11(3-4-11)8-13-7-1-2-9(13)10(14)15/h9H,1-5,7-8H2,(H,14,15). The molecule has 1 aliphatic heterocycles. The van der Waals surface area contributed by atoms with Gasteiger partial charge >= 0.3 is 5.97 Å². The SMILES string of the molecule is N#CCC1(CN2CCCC2C(=O)O)CC1. The lowest BCUT2D eigenvalue weighted by molar-refractivity contribution is -0.142. The largest absolute Gasteiger partial charge is 0.480 e. The van der Waals surface area contributed by atoms with Gasteiger partial charge in [0, 0.05) is 13.0 Å². The molecule has 1 aliphatic carbocycles. The van der Waals surface area contributed by atoms with E-state index in [1.807, 2.05) is 4.90 Å². The van der Waals surface area contributed by atoms with Crippen LogP contribution in [-0.2, 0) is 4.79 Å². The number of carbonyl (C=O) groups is 1. The molecule has 0 aromatic heterocycles. The van der Waals surface area contributed by atoms with Gasteiger partial charge in [-0.25, -0.2) is 0 Å². The van der Waals surface area contributed by atoms with E-state index in [-0.39, 0.29) is 11.5 Å². The highest BCUT2D eigenvalue weighted by molar-refractivity contribution is 5.73. The molecule has 0 amide bonds. The van der Waals surface area contributed by atoms with Crippen LogP contribution in [0.2, 0.25) is 0 Å². The number of nitriles is 1. The lowest BCUT2D eigenvalue weighted by Gasteiger charge is -2.25. The Labute approximate surface area is 89.5 Å². The Hall–Kier alpha value is -1.08. The van der Waals surface area contributed by atoms with E-state index in [2.05, 4.69) is 6.07 Å². The third-order valence-corrected chi connectivity index (χ3v) is 3.60. The normalized spacial score (nSPS) is 28.6. The van der Waals surface area contributed by atoms with Crippen molar-refractivity contribution < 1.29 is 9.90 Å². The van der Waals surface area contributed by atoms with Gasteiger partial charge in [-0.1, -0.05) is 0 Å². The van der Waals surface area contributed by atoms with E-state index in [4.69, 9.17) is 10.4 Å². The van der Waals surface area contributed by atoms with Gasteiger partial charge in [-0.15, -0.1) is 0 Å². The van der Waals surface area contributed by atoms with Crippen LogP contribution < -0.4 is 0 Å². The molecule has 0 radical (unpaired) electrons. The van der Waals surface area contributed by atoms with Gasteiger partial charge in [0.25, 0.3) is 0 Å². The topological polar surface area (TPSA) is 64.3 Å². The summed E-state index contributed by atoms with van der Waals surface area (Å²) in [6.07, 6.45) is 4.49. The zero-order valence-electron chi connectivity index (χ0n) is 8.78. The lowest BCUT2D eigenvalue weighted by atomic mass is 10.0. The fourth-order valence-corrected chi connectivity index (χ4v) is 2.46. The highest BCUT2D eigenvalue weighted by Gasteiger charge is 2.46. The second kappa shape index (κ2) is 3.82. The van der Waals surface area contributed by atoms with Crippen molar-refractivity contribution in [3.63, 3.8) is 0 Å². The molecule has 1 heterocycles. The molecule has 0 bridgehead atoms. The summed E-state index contributed by atoms with van der Waals surface area (Å²) in [6.45, 7) is 1.68. The van der Waals surface area contributed by atoms with Crippen LogP contribution >= 0.6 is 0 Å². The van der Waals surface area contributed by atoms with E-state index in [0.717, 1.165) is 38.8 Å². The van der Waals surface area contributed by atoms with E-state index in [0.29, 0.717) is 6.42 Å². The summed E-state index contributed by atoms with van der Waals surface area (Å²) in [6, 6.07) is 1.91. The molecule has 1 atom stereocenters. The number of nitrogens with zero attached hydrogens (tertiary/aromatic N) is 2. The van der Waals surface area contributed by atoms with Crippen LogP contribution in [-0.4, -0.2) is 35.1 Å². The molecule has 82 valence electrons. The van der Waals surface area contributed by atoms with Crippen molar-refractivity contribution in [1.29, 1.82) is 5.26 Å². The first-order valence-corrected chi connectivity index (χ1v) is 5.51. The third kappa shape index (κ3) is 2.13. The Balaban J connectivity index is 1.94. The highest BCUT2D eigenvalue weighted by Crippen LogP contribution is 2.49. The Kier molecular flexibility index (Phi) is 2.66. The zero-order valence-corrected chi connectivity index (χ0v) is 8.78. The number of hydrogen-bond acceptors (Lipinski definition) is 3. The molecule has 1 N–H and O–H groups in total. The van der Waals surface area contributed by atoms with E-state index in [9.17, 15) is 4.79 Å². The number of likely N-dealkylation sites (tertiary alicyclic amines) is 1. The molecular formula is C11H16N2O2. The summed E-state index contributed by atoms with van der Waals surface area (Å²) in [7, 11) is 0. The quantitative estimate of drug-likeness (QED) is 0.754. The first kappa shape index (κ1) is 10.4. The molecule has 0 aromatic carbocycles. The summed E-state index contributed by atoms with van der Waals surface area (Å²) in [5.74, 6) is -0.708. The van der Waals surface area contributed by atoms with Crippen LogP contribution in [0.15, 0.2) is 0 Å². The molecule has 4 heteroatoms. The Morgan fingerprint density at radius 3 is 2.87 bits per heavy atom. The van der Waals surface area contributed by atoms with E-state index < -0.39 is 5.97 Å². The van der Waals surface area contributed by atoms with Crippen LogP contribution in [0.3, 0.4) is 0 Å². The number of carboxylic acids is 1. The molecule has 2 aliphatic rings. The summed E-state index contributed by atoms with van der Waals surface area (Å²) in [5, 5.41) is 17.7. The molecule has 1 saturated carbocycles. The van der Waals surface area contributed by atoms with Crippen molar-refractivity contribution in [2.45, 2.75) is 38.1 Å². The predicted octanol–water partition coefficient (Wildman–Crippen LogP) is 1.23. The van der Waals surface area contributed by atoms with Crippen molar-refractivity contribution in [2.75, 3.05) is 13.1 Å². The first-order chi connectivity index (χ1) is 7.17. The van der Waals surface area contributed by atoms with Crippen LogP contribution in [0.5, 0.6) is 0 Å². The van der Waals surface area contributed by atoms with Crippen LogP contribution in [0, 0.1) is 16.7 Å². The molecule has 2 fully saturated rings. The maximum absolute atomic E-state index is 11.0. The van der Waals surface area contributed by atoms with Gasteiger partial charge in [-0.05, 0) is 37.6 Å². The number of rotatable bonds is 4. The van der Waals surface area contributed by atoms with Crippen molar-refractivity contribution in [3.8, 4) is 6.07 Å². The second-order valence-corrected chi connectivity index (χ2v) is 4.80. The maximum Gasteiger partial charge on any atom is 0.320 e. The maximum atomic E-state index is 11.0. The fourth-order valence-electron chi connectivity index (χ4n) is 2.46. The van der Waals surface area contributed by atoms with Gasteiger partial charge in [0.15, 0.2) is 0 Å². The summed E-state index contributed by atoms with van der Waals surface area (Å²) >= 11 is 0. The summed E-state index contributed by atoms with van der Waals surface area (Å²) in [4.78, 5) is 13.0. The molecule has 0 spiro atoms. The van der Waals surface area contributed by atoms with Crippen LogP contribution in [0.4, 0.5) is 0 Å². The Morgan fingerprint density at radius 2 is 2.33 bits per heavy atom. The third-order valence-electron chi connectivity index (χ3n) is 3.60. The lowest BCUT2D eigenvalue weighted by Crippen LogP contribution is -2.39. The molecule has 0 aromatic rings. The molecule has 4 nitrogen and oxygen atoms in total. The number of carboxylic acid groups (broad SMARTS) is 1. The summed E-state index contributed by atoms with van der Waals surface area (Å²) in [5.41, 5.74) is 0.132. The average Bonchev–Trinajstić information content (AvgIpc) is 2.77. The van der Waals surface area contributed by atoms with Crippen molar-refractivity contribution >= 4 is 5.97 Å². The van der Waals surface area contributed by atoms with Gasteiger partial charge in [0.05, 0.1) is 6.07 Å². The predicted molar refractivity (Wildman–Crippen MR) is 54.1 cm³/mol. The van der Waals surface area contributed by atoms with E-state index in [1.165, 1.54) is 0 Å². The Morgan fingerprint density at radius 1 is 1.60 bits per heavy atom. The highest BCUT2D eigenvalue weighted by atomic mass is 16.4. The Bertz CT molecular complexity index is 304. The van der Waals surface area contributed by atoms with E-state index >= 15 is 0 Å². The first-order valence-electron chi connectivity index (χ1n) is 5.51.